The van der Waals surface area contributed by atoms with Gasteiger partial charge in [-0.1, -0.05) is 18.2 Å². The van der Waals surface area contributed by atoms with Gasteiger partial charge in [-0.3, -0.25) is 0 Å². The lowest BCUT2D eigenvalue weighted by Gasteiger charge is -2.32. The fraction of sp³-hybridized carbons (Fsp3) is 0.529. The maximum Gasteiger partial charge on any atom is 0.492 e. The maximum atomic E-state index is 12.1. The van der Waals surface area contributed by atoms with Crippen molar-refractivity contribution in [2.45, 2.75) is 45.1 Å². The molecule has 1 fully saturated rings. The Morgan fingerprint density at radius 3 is 2.08 bits per heavy atom. The van der Waals surface area contributed by atoms with Crippen molar-refractivity contribution in [1.29, 1.82) is 0 Å². The highest BCUT2D eigenvalue weighted by Gasteiger charge is 2.52. The number of ether oxygens (including phenoxy) is 1. The molecule has 0 radical (unpaired) electrons. The van der Waals surface area contributed by atoms with E-state index < -0.39 is 31.1 Å². The molecule has 1 aromatic carbocycles. The molecule has 2 rings (SSSR count). The molecule has 1 aliphatic heterocycles. The van der Waals surface area contributed by atoms with Crippen LogP contribution in [0.1, 0.15) is 33.3 Å². The summed E-state index contributed by atoms with van der Waals surface area (Å²) >= 11 is 0. The van der Waals surface area contributed by atoms with Crippen LogP contribution in [0.4, 0.5) is 13.2 Å². The van der Waals surface area contributed by atoms with Gasteiger partial charge in [0.05, 0.1) is 17.8 Å². The summed E-state index contributed by atoms with van der Waals surface area (Å²) in [4.78, 5) is 0. The van der Waals surface area contributed by atoms with E-state index >= 15 is 0 Å². The van der Waals surface area contributed by atoms with E-state index in [2.05, 4.69) is 4.74 Å². The SMILES string of the molecule is CC1(C)OB(C(=Cc2ccc(OCC(F)(F)F)cc2)CO)OC1(C)C. The maximum absolute atomic E-state index is 12.1. The third-order valence-corrected chi connectivity index (χ3v) is 4.37. The van der Waals surface area contributed by atoms with Crippen LogP contribution in [-0.2, 0) is 9.31 Å². The highest BCUT2D eigenvalue weighted by molar-refractivity contribution is 6.55. The van der Waals surface area contributed by atoms with Crippen LogP contribution in [0.25, 0.3) is 6.08 Å². The zero-order chi connectivity index (χ0) is 18.9. The van der Waals surface area contributed by atoms with Gasteiger partial charge < -0.3 is 19.2 Å². The van der Waals surface area contributed by atoms with E-state index in [9.17, 15) is 18.3 Å². The van der Waals surface area contributed by atoms with Crippen molar-refractivity contribution in [2.24, 2.45) is 0 Å². The third kappa shape index (κ3) is 4.99. The molecule has 0 atom stereocenters. The van der Waals surface area contributed by atoms with Crippen molar-refractivity contribution in [1.82, 2.24) is 0 Å². The second-order valence-corrected chi connectivity index (χ2v) is 6.94. The third-order valence-electron chi connectivity index (χ3n) is 4.37. The summed E-state index contributed by atoms with van der Waals surface area (Å²) in [6.45, 7) is 6.05. The van der Waals surface area contributed by atoms with Crippen LogP contribution in [-0.4, -0.2) is 42.8 Å². The molecule has 8 heteroatoms. The van der Waals surface area contributed by atoms with Crippen molar-refractivity contribution in [3.8, 4) is 5.75 Å². The Bertz CT molecular complexity index is 608. The summed E-state index contributed by atoms with van der Waals surface area (Å²) in [5, 5.41) is 9.64. The molecule has 0 unspecified atom stereocenters. The fourth-order valence-electron chi connectivity index (χ4n) is 2.22. The van der Waals surface area contributed by atoms with Gasteiger partial charge in [0, 0.05) is 0 Å². The lowest BCUT2D eigenvalue weighted by Crippen LogP contribution is -2.41. The first kappa shape index (κ1) is 19.8. The molecule has 138 valence electrons. The summed E-state index contributed by atoms with van der Waals surface area (Å²) in [5.41, 5.74) is 0.170. The molecule has 1 N–H and O–H groups in total. The van der Waals surface area contributed by atoms with Crippen LogP contribution in [0.5, 0.6) is 5.75 Å². The molecule has 0 aromatic heterocycles. The van der Waals surface area contributed by atoms with Gasteiger partial charge in [-0.15, -0.1) is 0 Å². The standard InChI is InChI=1S/C17H22BF3O4/c1-15(2)16(3,4)25-18(24-15)13(10-22)9-12-5-7-14(8-6-12)23-11-17(19,20)21/h5-9,22H,10-11H2,1-4H3. The Labute approximate surface area is 145 Å². The second-order valence-electron chi connectivity index (χ2n) is 6.94. The molecule has 4 nitrogen and oxygen atoms in total. The van der Waals surface area contributed by atoms with Gasteiger partial charge in [0.2, 0.25) is 0 Å². The van der Waals surface area contributed by atoms with Gasteiger partial charge in [0.1, 0.15) is 5.75 Å². The van der Waals surface area contributed by atoms with E-state index in [0.717, 1.165) is 0 Å². The summed E-state index contributed by atoms with van der Waals surface area (Å²) in [5.74, 6) is 0.121. The molecule has 0 amide bonds. The number of benzene rings is 1. The topological polar surface area (TPSA) is 47.9 Å². The quantitative estimate of drug-likeness (QED) is 0.817. The van der Waals surface area contributed by atoms with Crippen LogP contribution in [0, 0.1) is 0 Å². The van der Waals surface area contributed by atoms with Gasteiger partial charge in [-0.25, -0.2) is 0 Å². The van der Waals surface area contributed by atoms with E-state index in [-0.39, 0.29) is 12.4 Å². The zero-order valence-corrected chi connectivity index (χ0v) is 14.7. The van der Waals surface area contributed by atoms with Crippen LogP contribution >= 0.6 is 0 Å². The molecule has 0 bridgehead atoms. The molecular formula is C17H22BF3O4. The Hall–Kier alpha value is -1.51. The van der Waals surface area contributed by atoms with E-state index in [1.54, 1.807) is 18.2 Å². The van der Waals surface area contributed by atoms with Gasteiger partial charge in [0.25, 0.3) is 0 Å². The number of rotatable bonds is 5. The molecule has 0 spiro atoms. The number of halogens is 3. The predicted octanol–water partition coefficient (Wildman–Crippen LogP) is 3.63. The van der Waals surface area contributed by atoms with E-state index in [1.165, 1.54) is 12.1 Å². The largest absolute Gasteiger partial charge is 0.492 e. The molecule has 0 aliphatic carbocycles. The Kier molecular flexibility index (Phi) is 5.56. The summed E-state index contributed by atoms with van der Waals surface area (Å²) in [6.07, 6.45) is -2.69. The summed E-state index contributed by atoms with van der Waals surface area (Å²) in [7, 11) is -0.684. The average molecular weight is 358 g/mol. The molecule has 1 aliphatic rings. The van der Waals surface area contributed by atoms with E-state index in [0.29, 0.717) is 11.0 Å². The van der Waals surface area contributed by atoms with Crippen molar-refractivity contribution in [2.75, 3.05) is 13.2 Å². The molecule has 1 heterocycles. The molecule has 25 heavy (non-hydrogen) atoms. The highest BCUT2D eigenvalue weighted by Crippen LogP contribution is 2.38. The first-order valence-corrected chi connectivity index (χ1v) is 7.90. The number of aliphatic hydroxyl groups is 1. The first-order valence-electron chi connectivity index (χ1n) is 7.90. The Balaban J connectivity index is 2.10. The number of hydrogen-bond acceptors (Lipinski definition) is 4. The molecule has 1 saturated heterocycles. The monoisotopic (exact) mass is 358 g/mol. The first-order chi connectivity index (χ1) is 11.4. The Morgan fingerprint density at radius 1 is 1.12 bits per heavy atom. The predicted molar refractivity (Wildman–Crippen MR) is 89.1 cm³/mol. The highest BCUT2D eigenvalue weighted by atomic mass is 19.4. The minimum absolute atomic E-state index is 0.121. The van der Waals surface area contributed by atoms with Crippen LogP contribution < -0.4 is 4.74 Å². The van der Waals surface area contributed by atoms with Gasteiger partial charge in [-0.2, -0.15) is 13.2 Å². The minimum atomic E-state index is -4.38. The number of alkyl halides is 3. The minimum Gasteiger partial charge on any atom is -0.484 e. The number of aliphatic hydroxyl groups excluding tert-OH is 1. The Morgan fingerprint density at radius 2 is 1.64 bits per heavy atom. The van der Waals surface area contributed by atoms with Crippen molar-refractivity contribution in [3.05, 3.63) is 35.3 Å². The van der Waals surface area contributed by atoms with Crippen molar-refractivity contribution >= 4 is 13.2 Å². The van der Waals surface area contributed by atoms with E-state index in [1.807, 2.05) is 27.7 Å². The zero-order valence-electron chi connectivity index (χ0n) is 14.7. The van der Waals surface area contributed by atoms with Gasteiger partial charge in [-0.05, 0) is 50.9 Å². The normalized spacial score (nSPS) is 20.0. The van der Waals surface area contributed by atoms with Crippen molar-refractivity contribution < 1.29 is 32.3 Å². The van der Waals surface area contributed by atoms with Crippen LogP contribution in [0.15, 0.2) is 29.7 Å². The van der Waals surface area contributed by atoms with Crippen LogP contribution in [0.2, 0.25) is 0 Å². The summed E-state index contributed by atoms with van der Waals surface area (Å²) < 4.78 is 52.9. The number of hydrogen-bond donors (Lipinski definition) is 1. The van der Waals surface area contributed by atoms with E-state index in [4.69, 9.17) is 9.31 Å². The molecule has 1 aromatic rings. The lowest BCUT2D eigenvalue weighted by molar-refractivity contribution is -0.153. The molecule has 0 saturated carbocycles. The second kappa shape index (κ2) is 7.01. The van der Waals surface area contributed by atoms with Crippen molar-refractivity contribution in [3.63, 3.8) is 0 Å². The summed E-state index contributed by atoms with van der Waals surface area (Å²) in [6, 6.07) is 6.09. The average Bonchev–Trinajstić information content (AvgIpc) is 2.71. The lowest BCUT2D eigenvalue weighted by atomic mass is 9.77. The molecular weight excluding hydrogens is 336 g/mol. The van der Waals surface area contributed by atoms with Crippen LogP contribution in [0.3, 0.4) is 0 Å². The van der Waals surface area contributed by atoms with Gasteiger partial charge >= 0.3 is 13.3 Å². The smallest absolute Gasteiger partial charge is 0.484 e. The fourth-order valence-corrected chi connectivity index (χ4v) is 2.22. The van der Waals surface area contributed by atoms with Gasteiger partial charge in [0.15, 0.2) is 6.61 Å².